The molecule has 192 valence electrons. The van der Waals surface area contributed by atoms with Gasteiger partial charge in [0, 0.05) is 17.1 Å². The van der Waals surface area contributed by atoms with E-state index >= 15 is 0 Å². The summed E-state index contributed by atoms with van der Waals surface area (Å²) in [5.74, 6) is 1.20. The molecule has 0 spiro atoms. The second-order valence-corrected chi connectivity index (χ2v) is 9.94. The number of benzene rings is 1. The average Bonchev–Trinajstić information content (AvgIpc) is 3.49. The predicted octanol–water partition coefficient (Wildman–Crippen LogP) is 3.21. The van der Waals surface area contributed by atoms with Gasteiger partial charge in [-0.1, -0.05) is 26.2 Å². The predicted molar refractivity (Wildman–Crippen MR) is 132 cm³/mol. The van der Waals surface area contributed by atoms with Crippen molar-refractivity contribution in [2.75, 3.05) is 14.2 Å². The largest absolute Gasteiger partial charge is 0.493 e. The van der Waals surface area contributed by atoms with Gasteiger partial charge in [-0.2, -0.15) is 4.80 Å². The Balaban J connectivity index is 1.79. The Kier molecular flexibility index (Phi) is 8.69. The minimum absolute atomic E-state index is 0.0837. The highest BCUT2D eigenvalue weighted by Crippen LogP contribution is 2.31. The molecular weight excluding hydrogens is 448 g/mol. The molecule has 10 heteroatoms. The molecule has 2 amide bonds. The molecule has 0 aliphatic heterocycles. The summed E-state index contributed by atoms with van der Waals surface area (Å²) in [6.45, 7) is 7.74. The molecular formula is C25H38N6O4. The first-order valence-electron chi connectivity index (χ1n) is 12.3. The van der Waals surface area contributed by atoms with E-state index in [1.54, 1.807) is 37.3 Å². The average molecular weight is 487 g/mol. The van der Waals surface area contributed by atoms with Crippen LogP contribution in [-0.4, -0.2) is 68.8 Å². The Bertz CT molecular complexity index is 1010. The van der Waals surface area contributed by atoms with Crippen LogP contribution in [0.2, 0.25) is 0 Å². The number of nitrogens with one attached hydrogen (secondary N) is 1. The van der Waals surface area contributed by atoms with Crippen LogP contribution in [0.4, 0.5) is 0 Å². The van der Waals surface area contributed by atoms with Crippen LogP contribution in [0.25, 0.3) is 11.4 Å². The standard InChI is InChI=1S/C25H38N6O4/c1-7-10-19(24(33)26-18-11-8-9-12-18)31(25(2,3)4)22(32)16-30-28-23(27-29-30)17-13-14-20(34-5)21(15-17)35-6/h13-15,18-19H,7-12,16H2,1-6H3,(H,26,33)/t19-/m1/s1. The van der Waals surface area contributed by atoms with Gasteiger partial charge >= 0.3 is 0 Å². The van der Waals surface area contributed by atoms with Gasteiger partial charge in [-0.3, -0.25) is 9.59 Å². The van der Waals surface area contributed by atoms with Crippen molar-refractivity contribution in [1.29, 1.82) is 0 Å². The molecule has 2 aromatic rings. The minimum atomic E-state index is -0.559. The van der Waals surface area contributed by atoms with E-state index in [0.29, 0.717) is 29.3 Å². The van der Waals surface area contributed by atoms with E-state index in [1.807, 2.05) is 27.7 Å². The van der Waals surface area contributed by atoms with E-state index in [-0.39, 0.29) is 24.4 Å². The summed E-state index contributed by atoms with van der Waals surface area (Å²) < 4.78 is 10.6. The van der Waals surface area contributed by atoms with Gasteiger partial charge in [0.15, 0.2) is 11.5 Å². The van der Waals surface area contributed by atoms with Crippen LogP contribution in [0.15, 0.2) is 18.2 Å². The van der Waals surface area contributed by atoms with Crippen LogP contribution in [0, 0.1) is 0 Å². The highest BCUT2D eigenvalue weighted by atomic mass is 16.5. The number of rotatable bonds is 10. The number of tetrazole rings is 1. The SMILES string of the molecule is CCC[C@H](C(=O)NC1CCCC1)N(C(=O)Cn1nnc(-c2ccc(OC)c(OC)c2)n1)C(C)(C)C. The molecule has 1 aliphatic carbocycles. The molecule has 0 bridgehead atoms. The van der Waals surface area contributed by atoms with Crippen LogP contribution < -0.4 is 14.8 Å². The van der Waals surface area contributed by atoms with Gasteiger partial charge in [0.05, 0.1) is 14.2 Å². The van der Waals surface area contributed by atoms with Crippen LogP contribution in [0.1, 0.15) is 66.2 Å². The van der Waals surface area contributed by atoms with Crippen molar-refractivity contribution in [3.05, 3.63) is 18.2 Å². The number of aromatic nitrogens is 4. The highest BCUT2D eigenvalue weighted by Gasteiger charge is 2.38. The Morgan fingerprint density at radius 1 is 1.17 bits per heavy atom. The third kappa shape index (κ3) is 6.49. The number of amides is 2. The van der Waals surface area contributed by atoms with Gasteiger partial charge in [0.25, 0.3) is 0 Å². The lowest BCUT2D eigenvalue weighted by molar-refractivity contribution is -0.147. The maximum atomic E-state index is 13.5. The van der Waals surface area contributed by atoms with Crippen molar-refractivity contribution in [3.63, 3.8) is 0 Å². The third-order valence-corrected chi connectivity index (χ3v) is 6.24. The van der Waals surface area contributed by atoms with Crippen LogP contribution in [0.3, 0.4) is 0 Å². The summed E-state index contributed by atoms with van der Waals surface area (Å²) in [5.41, 5.74) is 0.130. The zero-order chi connectivity index (χ0) is 25.6. The second-order valence-electron chi connectivity index (χ2n) is 9.94. The number of ether oxygens (including phenoxy) is 2. The van der Waals surface area contributed by atoms with Gasteiger partial charge in [0.1, 0.15) is 12.6 Å². The maximum Gasteiger partial charge on any atom is 0.247 e. The number of hydrogen-bond donors (Lipinski definition) is 1. The van der Waals surface area contributed by atoms with Gasteiger partial charge in [-0.15, -0.1) is 10.2 Å². The number of methoxy groups -OCH3 is 2. The third-order valence-electron chi connectivity index (χ3n) is 6.24. The fourth-order valence-electron chi connectivity index (χ4n) is 4.63. The summed E-state index contributed by atoms with van der Waals surface area (Å²) in [7, 11) is 3.12. The Morgan fingerprint density at radius 2 is 1.86 bits per heavy atom. The minimum Gasteiger partial charge on any atom is -0.493 e. The van der Waals surface area contributed by atoms with Gasteiger partial charge in [-0.05, 0) is 63.4 Å². The fourth-order valence-corrected chi connectivity index (χ4v) is 4.63. The lowest BCUT2D eigenvalue weighted by Crippen LogP contribution is -2.58. The molecule has 1 aliphatic rings. The zero-order valence-corrected chi connectivity index (χ0v) is 21.7. The Hall–Kier alpha value is -3.17. The molecule has 1 atom stereocenters. The topological polar surface area (TPSA) is 111 Å². The van der Waals surface area contributed by atoms with Gasteiger partial charge in [-0.25, -0.2) is 0 Å². The molecule has 3 rings (SSSR count). The summed E-state index contributed by atoms with van der Waals surface area (Å²) in [6.07, 6.45) is 5.62. The number of carbonyl (C=O) groups is 2. The maximum absolute atomic E-state index is 13.5. The van der Waals surface area contributed by atoms with Gasteiger partial charge in [0.2, 0.25) is 17.6 Å². The van der Waals surface area contributed by atoms with E-state index in [4.69, 9.17) is 9.47 Å². The molecule has 0 saturated heterocycles. The first-order valence-corrected chi connectivity index (χ1v) is 12.3. The molecule has 1 heterocycles. The molecule has 0 unspecified atom stereocenters. The smallest absolute Gasteiger partial charge is 0.247 e. The van der Waals surface area contributed by atoms with E-state index < -0.39 is 11.6 Å². The van der Waals surface area contributed by atoms with Gasteiger partial charge < -0.3 is 19.7 Å². The van der Waals surface area contributed by atoms with Crippen molar-refractivity contribution in [2.24, 2.45) is 0 Å². The van der Waals surface area contributed by atoms with E-state index in [0.717, 1.165) is 32.1 Å². The van der Waals surface area contributed by atoms with Crippen molar-refractivity contribution < 1.29 is 19.1 Å². The normalized spacial score (nSPS) is 15.0. The lowest BCUT2D eigenvalue weighted by atomic mass is 9.98. The Labute approximate surface area is 207 Å². The Morgan fingerprint density at radius 3 is 2.46 bits per heavy atom. The van der Waals surface area contributed by atoms with E-state index in [2.05, 4.69) is 20.7 Å². The van der Waals surface area contributed by atoms with Crippen LogP contribution in [-0.2, 0) is 16.1 Å². The first kappa shape index (κ1) is 26.4. The quantitative estimate of drug-likeness (QED) is 0.549. The van der Waals surface area contributed by atoms with Crippen molar-refractivity contribution in [3.8, 4) is 22.9 Å². The second kappa shape index (κ2) is 11.5. The molecule has 0 radical (unpaired) electrons. The lowest BCUT2D eigenvalue weighted by Gasteiger charge is -2.41. The number of hydrogen-bond acceptors (Lipinski definition) is 7. The molecule has 1 fully saturated rings. The van der Waals surface area contributed by atoms with Crippen molar-refractivity contribution in [2.45, 2.75) is 90.4 Å². The summed E-state index contributed by atoms with van der Waals surface area (Å²) in [5, 5.41) is 15.8. The highest BCUT2D eigenvalue weighted by molar-refractivity contribution is 5.88. The van der Waals surface area contributed by atoms with E-state index in [9.17, 15) is 9.59 Å². The van der Waals surface area contributed by atoms with Crippen molar-refractivity contribution >= 4 is 11.8 Å². The zero-order valence-electron chi connectivity index (χ0n) is 21.7. The fraction of sp³-hybridized carbons (Fsp3) is 0.640. The molecule has 1 saturated carbocycles. The number of nitrogens with zero attached hydrogens (tertiary/aromatic N) is 5. The summed E-state index contributed by atoms with van der Waals surface area (Å²) in [6, 6.07) is 4.96. The number of carbonyl (C=O) groups excluding carboxylic acids is 2. The first-order chi connectivity index (χ1) is 16.7. The molecule has 10 nitrogen and oxygen atoms in total. The van der Waals surface area contributed by atoms with E-state index in [1.165, 1.54) is 4.80 Å². The van der Waals surface area contributed by atoms with Crippen LogP contribution >= 0.6 is 0 Å². The molecule has 35 heavy (non-hydrogen) atoms. The molecule has 1 N–H and O–H groups in total. The molecule has 1 aromatic heterocycles. The summed E-state index contributed by atoms with van der Waals surface area (Å²) in [4.78, 5) is 29.7. The monoisotopic (exact) mass is 486 g/mol. The summed E-state index contributed by atoms with van der Waals surface area (Å²) >= 11 is 0. The van der Waals surface area contributed by atoms with Crippen LogP contribution in [0.5, 0.6) is 11.5 Å². The van der Waals surface area contributed by atoms with Crippen molar-refractivity contribution in [1.82, 2.24) is 30.4 Å². The molecule has 1 aromatic carbocycles.